The van der Waals surface area contributed by atoms with Gasteiger partial charge in [0.05, 0.1) is 12.8 Å². The Morgan fingerprint density at radius 2 is 1.91 bits per heavy atom. The van der Waals surface area contributed by atoms with Gasteiger partial charge in [-0.25, -0.2) is 0 Å². The van der Waals surface area contributed by atoms with Crippen molar-refractivity contribution in [3.63, 3.8) is 0 Å². The van der Waals surface area contributed by atoms with Crippen LogP contribution in [0.1, 0.15) is 24.2 Å². The van der Waals surface area contributed by atoms with E-state index in [0.717, 1.165) is 11.9 Å². The fourth-order valence-electron chi connectivity index (χ4n) is 3.41. The molecule has 0 saturated carbocycles. The van der Waals surface area contributed by atoms with E-state index in [2.05, 4.69) is 31.3 Å². The Balaban J connectivity index is 1.30. The van der Waals surface area contributed by atoms with Gasteiger partial charge in [-0.15, -0.1) is 0 Å². The van der Waals surface area contributed by atoms with Gasteiger partial charge < -0.3 is 25.5 Å². The quantitative estimate of drug-likeness (QED) is 0.341. The van der Waals surface area contributed by atoms with Gasteiger partial charge in [-0.2, -0.15) is 15.0 Å². The van der Waals surface area contributed by atoms with Gasteiger partial charge in [-0.05, 0) is 36.6 Å². The summed E-state index contributed by atoms with van der Waals surface area (Å²) < 4.78 is 10.6. The lowest BCUT2D eigenvalue weighted by Crippen LogP contribution is -2.11. The van der Waals surface area contributed by atoms with Crippen LogP contribution in [0.4, 0.5) is 17.6 Å². The molecule has 32 heavy (non-hydrogen) atoms. The summed E-state index contributed by atoms with van der Waals surface area (Å²) in [6, 6.07) is 15.4. The number of benzene rings is 2. The number of aryl methyl sites for hydroxylation is 1. The summed E-state index contributed by atoms with van der Waals surface area (Å²) in [5, 5.41) is 4.22. The number of rotatable bonds is 9. The molecule has 2 heterocycles. The van der Waals surface area contributed by atoms with E-state index < -0.39 is 0 Å². The highest BCUT2D eigenvalue weighted by atomic mass is 16.5. The molecule has 164 valence electrons. The number of ether oxygens (including phenoxy) is 2. The van der Waals surface area contributed by atoms with E-state index in [-0.39, 0.29) is 30.3 Å². The van der Waals surface area contributed by atoms with Crippen LogP contribution in [0.5, 0.6) is 5.75 Å². The first-order valence-electron chi connectivity index (χ1n) is 10.2. The largest absolute Gasteiger partial charge is 0.495 e. The predicted octanol–water partition coefficient (Wildman–Crippen LogP) is 3.75. The van der Waals surface area contributed by atoms with Crippen LogP contribution in [0.25, 0.3) is 10.9 Å². The van der Waals surface area contributed by atoms with Gasteiger partial charge in [0.2, 0.25) is 11.9 Å². The number of nitrogens with zero attached hydrogens (tertiary/aromatic N) is 3. The molecule has 0 radical (unpaired) electrons. The number of carbonyl (C=O) groups is 1. The van der Waals surface area contributed by atoms with Crippen LogP contribution in [0.3, 0.4) is 0 Å². The van der Waals surface area contributed by atoms with Crippen molar-refractivity contribution in [2.45, 2.75) is 25.9 Å². The van der Waals surface area contributed by atoms with Crippen molar-refractivity contribution in [3.8, 4) is 5.75 Å². The number of hydrogen-bond acceptors (Lipinski definition) is 8. The number of nitrogen functional groups attached to an aromatic ring is 1. The molecule has 0 fully saturated rings. The maximum atomic E-state index is 12.2. The molecule has 9 heteroatoms. The third-order valence-electron chi connectivity index (χ3n) is 4.92. The maximum Gasteiger partial charge on any atom is 0.306 e. The van der Waals surface area contributed by atoms with Gasteiger partial charge in [-0.1, -0.05) is 30.3 Å². The van der Waals surface area contributed by atoms with Gasteiger partial charge in [-0.3, -0.25) is 4.79 Å². The molecule has 4 aromatic rings. The summed E-state index contributed by atoms with van der Waals surface area (Å²) in [4.78, 5) is 27.8. The number of aromatic amines is 1. The summed E-state index contributed by atoms with van der Waals surface area (Å²) in [6.07, 6.45) is 3.75. The van der Waals surface area contributed by atoms with Crippen molar-refractivity contribution in [1.29, 1.82) is 0 Å². The molecule has 0 spiro atoms. The Morgan fingerprint density at radius 3 is 2.78 bits per heavy atom. The molecule has 9 nitrogen and oxygen atoms in total. The molecule has 2 aromatic heterocycles. The Bertz CT molecular complexity index is 1220. The predicted molar refractivity (Wildman–Crippen MR) is 122 cm³/mol. The monoisotopic (exact) mass is 432 g/mol. The molecular formula is C23H24N6O3. The van der Waals surface area contributed by atoms with Crippen molar-refractivity contribution in [3.05, 3.63) is 66.1 Å². The minimum Gasteiger partial charge on any atom is -0.495 e. The molecule has 4 rings (SSSR count). The average molecular weight is 432 g/mol. The number of nitrogens with two attached hydrogens (primary N) is 1. The topological polar surface area (TPSA) is 128 Å². The smallest absolute Gasteiger partial charge is 0.306 e. The Morgan fingerprint density at radius 1 is 1.09 bits per heavy atom. The van der Waals surface area contributed by atoms with Crippen molar-refractivity contribution >= 4 is 34.5 Å². The molecule has 0 saturated heterocycles. The maximum absolute atomic E-state index is 12.2. The minimum atomic E-state index is -0.317. The normalized spacial score (nSPS) is 10.8. The van der Waals surface area contributed by atoms with Crippen LogP contribution in [0.2, 0.25) is 0 Å². The highest BCUT2D eigenvalue weighted by Crippen LogP contribution is 2.25. The average Bonchev–Trinajstić information content (AvgIpc) is 3.21. The Kier molecular flexibility index (Phi) is 6.45. The summed E-state index contributed by atoms with van der Waals surface area (Å²) in [7, 11) is 1.58. The number of H-pyrrole nitrogens is 1. The van der Waals surface area contributed by atoms with Crippen molar-refractivity contribution in [2.75, 3.05) is 18.2 Å². The second-order valence-corrected chi connectivity index (χ2v) is 7.13. The molecule has 0 unspecified atom stereocenters. The molecule has 0 aliphatic carbocycles. The lowest BCUT2D eigenvalue weighted by atomic mass is 10.1. The zero-order valence-corrected chi connectivity index (χ0v) is 17.7. The highest BCUT2D eigenvalue weighted by Gasteiger charge is 2.11. The number of aromatic nitrogens is 4. The molecular weight excluding hydrogens is 408 g/mol. The number of nitrogens with one attached hydrogen (secondary N) is 2. The Labute approximate surface area is 185 Å². The standard InChI is InChI=1S/C23H24N6O3/c1-31-19-11-5-4-10-18(19)26-23-28-20(27-22(24)29-23)14-32-21(30)12-6-7-15-13-25-17-9-3-2-8-16(15)17/h2-5,8-11,13,25H,6-7,12,14H2,1H3,(H3,24,26,27,28,29). The number of esters is 1. The van der Waals surface area contributed by atoms with E-state index in [1.165, 1.54) is 10.9 Å². The summed E-state index contributed by atoms with van der Waals surface area (Å²) in [5.41, 5.74) is 8.75. The van der Waals surface area contributed by atoms with E-state index in [1.54, 1.807) is 7.11 Å². The second-order valence-electron chi connectivity index (χ2n) is 7.13. The SMILES string of the molecule is COc1ccccc1Nc1nc(N)nc(COC(=O)CCCc2c[nH]c3ccccc23)n1. The zero-order valence-electron chi connectivity index (χ0n) is 17.7. The first-order valence-corrected chi connectivity index (χ1v) is 10.2. The van der Waals surface area contributed by atoms with Crippen molar-refractivity contribution in [2.24, 2.45) is 0 Å². The lowest BCUT2D eigenvalue weighted by molar-refractivity contribution is -0.145. The second kappa shape index (κ2) is 9.78. The fourth-order valence-corrected chi connectivity index (χ4v) is 3.41. The van der Waals surface area contributed by atoms with Crippen LogP contribution in [0.15, 0.2) is 54.7 Å². The van der Waals surface area contributed by atoms with E-state index >= 15 is 0 Å². The number of fused-ring (bicyclic) bond motifs is 1. The molecule has 4 N–H and O–H groups in total. The van der Waals surface area contributed by atoms with Crippen LogP contribution in [-0.4, -0.2) is 33.0 Å². The number of carbonyl (C=O) groups excluding carboxylic acids is 1. The van der Waals surface area contributed by atoms with Crippen LogP contribution in [-0.2, 0) is 22.6 Å². The summed E-state index contributed by atoms with van der Waals surface area (Å²) >= 11 is 0. The Hall–Kier alpha value is -4.14. The molecule has 0 amide bonds. The fraction of sp³-hybridized carbons (Fsp3) is 0.217. The molecule has 0 aliphatic rings. The molecule has 0 atom stereocenters. The molecule has 2 aromatic carbocycles. The molecule has 0 bridgehead atoms. The highest BCUT2D eigenvalue weighted by molar-refractivity contribution is 5.83. The van der Waals surface area contributed by atoms with E-state index in [4.69, 9.17) is 15.2 Å². The summed E-state index contributed by atoms with van der Waals surface area (Å²) in [6.45, 7) is -0.0841. The lowest BCUT2D eigenvalue weighted by Gasteiger charge is -2.11. The summed E-state index contributed by atoms with van der Waals surface area (Å²) in [5.74, 6) is 0.854. The third-order valence-corrected chi connectivity index (χ3v) is 4.92. The number of hydrogen-bond donors (Lipinski definition) is 3. The van der Waals surface area contributed by atoms with E-state index in [0.29, 0.717) is 24.3 Å². The number of anilines is 3. The van der Waals surface area contributed by atoms with Crippen LogP contribution >= 0.6 is 0 Å². The van der Waals surface area contributed by atoms with Crippen LogP contribution in [0, 0.1) is 0 Å². The van der Waals surface area contributed by atoms with Crippen molar-refractivity contribution < 1.29 is 14.3 Å². The molecule has 0 aliphatic heterocycles. The zero-order chi connectivity index (χ0) is 22.3. The van der Waals surface area contributed by atoms with Crippen molar-refractivity contribution in [1.82, 2.24) is 19.9 Å². The first kappa shape index (κ1) is 21.1. The van der Waals surface area contributed by atoms with E-state index in [9.17, 15) is 4.79 Å². The van der Waals surface area contributed by atoms with Gasteiger partial charge in [0.1, 0.15) is 5.75 Å². The first-order chi connectivity index (χ1) is 15.6. The van der Waals surface area contributed by atoms with Gasteiger partial charge in [0.25, 0.3) is 0 Å². The number of methoxy groups -OCH3 is 1. The van der Waals surface area contributed by atoms with Gasteiger partial charge in [0, 0.05) is 23.5 Å². The van der Waals surface area contributed by atoms with Crippen LogP contribution < -0.4 is 15.8 Å². The van der Waals surface area contributed by atoms with E-state index in [1.807, 2.05) is 48.7 Å². The minimum absolute atomic E-state index is 0.0304. The van der Waals surface area contributed by atoms with Gasteiger partial charge >= 0.3 is 5.97 Å². The third kappa shape index (κ3) is 5.12. The number of para-hydroxylation sites is 3. The van der Waals surface area contributed by atoms with Gasteiger partial charge in [0.15, 0.2) is 12.4 Å².